The van der Waals surface area contributed by atoms with Crippen LogP contribution in [0.15, 0.2) is 46.7 Å². The van der Waals surface area contributed by atoms with Crippen molar-refractivity contribution in [3.63, 3.8) is 0 Å². The van der Waals surface area contributed by atoms with E-state index in [9.17, 15) is 27.9 Å². The summed E-state index contributed by atoms with van der Waals surface area (Å²) in [5.41, 5.74) is 0.543. The van der Waals surface area contributed by atoms with Crippen molar-refractivity contribution in [2.45, 2.75) is 77.0 Å². The van der Waals surface area contributed by atoms with E-state index in [1.54, 1.807) is 22.9 Å². The van der Waals surface area contributed by atoms with Crippen LogP contribution in [0.2, 0.25) is 0 Å². The van der Waals surface area contributed by atoms with Gasteiger partial charge in [-0.1, -0.05) is 26.0 Å². The Balaban J connectivity index is 1.90. The lowest BCUT2D eigenvalue weighted by molar-refractivity contribution is -0.138. The van der Waals surface area contributed by atoms with Crippen LogP contribution in [0.25, 0.3) is 11.1 Å². The molecule has 10 heteroatoms. The van der Waals surface area contributed by atoms with Crippen molar-refractivity contribution >= 4 is 23.2 Å². The molecule has 0 spiro atoms. The second kappa shape index (κ2) is 12.0. The normalized spacial score (nSPS) is 20.3. The van der Waals surface area contributed by atoms with Gasteiger partial charge in [0.25, 0.3) is 0 Å². The zero-order valence-electron chi connectivity index (χ0n) is 20.4. The Morgan fingerprint density at radius 3 is 2.47 bits per heavy atom. The first-order chi connectivity index (χ1) is 17.0. The van der Waals surface area contributed by atoms with Gasteiger partial charge in [-0.15, -0.1) is 0 Å². The van der Waals surface area contributed by atoms with Crippen molar-refractivity contribution in [2.24, 2.45) is 0 Å². The lowest BCUT2D eigenvalue weighted by atomic mass is 9.87. The van der Waals surface area contributed by atoms with Crippen LogP contribution in [0.3, 0.4) is 0 Å². The van der Waals surface area contributed by atoms with Gasteiger partial charge in [0, 0.05) is 25.1 Å². The molecule has 196 valence electrons. The number of benzene rings is 1. The molecule has 36 heavy (non-hydrogen) atoms. The van der Waals surface area contributed by atoms with Gasteiger partial charge < -0.3 is 20.5 Å². The molecule has 1 aliphatic carbocycles. The van der Waals surface area contributed by atoms with Crippen LogP contribution in [-0.2, 0) is 27.0 Å². The van der Waals surface area contributed by atoms with Crippen molar-refractivity contribution in [1.82, 2.24) is 10.6 Å². The summed E-state index contributed by atoms with van der Waals surface area (Å²) in [4.78, 5) is 23.8. The topological polar surface area (TPSA) is 87.7 Å². The molecule has 1 heterocycles. The summed E-state index contributed by atoms with van der Waals surface area (Å²) in [7, 11) is 0. The number of carbonyl (C=O) groups is 2. The van der Waals surface area contributed by atoms with Crippen LogP contribution in [0.1, 0.15) is 51.2 Å². The molecule has 0 saturated carbocycles. The van der Waals surface area contributed by atoms with Gasteiger partial charge in [-0.05, 0) is 64.9 Å². The highest BCUT2D eigenvalue weighted by Crippen LogP contribution is 2.36. The van der Waals surface area contributed by atoms with E-state index in [-0.39, 0.29) is 36.1 Å². The maximum atomic E-state index is 13.9. The minimum atomic E-state index is -4.57. The summed E-state index contributed by atoms with van der Waals surface area (Å²) in [5.74, 6) is -1.47. The van der Waals surface area contributed by atoms with Crippen molar-refractivity contribution in [2.75, 3.05) is 0 Å². The molecular weight excluding hydrogens is 493 g/mol. The third kappa shape index (κ3) is 6.96. The second-order valence-corrected chi connectivity index (χ2v) is 9.62. The minimum Gasteiger partial charge on any atom is -0.478 e. The maximum Gasteiger partial charge on any atom is 0.416 e. The number of aliphatic carboxylic acids is 1. The number of carbonyl (C=O) groups excluding carboxylic acids is 1. The third-order valence-electron chi connectivity index (χ3n) is 6.32. The molecule has 3 N–H and O–H groups in total. The van der Waals surface area contributed by atoms with Crippen LogP contribution in [0.5, 0.6) is 0 Å². The van der Waals surface area contributed by atoms with Gasteiger partial charge in [0.05, 0.1) is 23.8 Å². The Morgan fingerprint density at radius 1 is 1.19 bits per heavy atom. The summed E-state index contributed by atoms with van der Waals surface area (Å²) in [6.45, 7) is 5.07. The van der Waals surface area contributed by atoms with E-state index in [1.165, 1.54) is 30.4 Å². The minimum absolute atomic E-state index is 0.0252. The average Bonchev–Trinajstić information content (AvgIpc) is 3.36. The molecule has 0 fully saturated rings. The Morgan fingerprint density at radius 2 is 1.92 bits per heavy atom. The zero-order valence-corrected chi connectivity index (χ0v) is 21.2. The molecule has 0 saturated heterocycles. The van der Waals surface area contributed by atoms with Crippen LogP contribution in [0, 0.1) is 0 Å². The molecule has 2 aromatic rings. The van der Waals surface area contributed by atoms with Crippen LogP contribution >= 0.6 is 11.3 Å². The van der Waals surface area contributed by atoms with Gasteiger partial charge in [0.1, 0.15) is 0 Å². The average molecular weight is 525 g/mol. The number of alkyl halides is 3. The lowest BCUT2D eigenvalue weighted by Crippen LogP contribution is -2.58. The summed E-state index contributed by atoms with van der Waals surface area (Å²) in [6, 6.07) is 4.67. The van der Waals surface area contributed by atoms with E-state index in [1.807, 2.05) is 13.8 Å². The molecular formula is C26H31F3N2O4S. The van der Waals surface area contributed by atoms with Crippen molar-refractivity contribution < 1.29 is 32.6 Å². The van der Waals surface area contributed by atoms with Crippen molar-refractivity contribution in [3.05, 3.63) is 57.8 Å². The van der Waals surface area contributed by atoms with E-state index in [4.69, 9.17) is 4.74 Å². The fourth-order valence-corrected chi connectivity index (χ4v) is 5.07. The van der Waals surface area contributed by atoms with E-state index in [0.29, 0.717) is 24.0 Å². The van der Waals surface area contributed by atoms with Gasteiger partial charge in [-0.25, -0.2) is 4.79 Å². The molecule has 0 radical (unpaired) electrons. The Bertz CT molecular complexity index is 1080. The Hall–Kier alpha value is -2.69. The summed E-state index contributed by atoms with van der Waals surface area (Å²) >= 11 is 1.40. The predicted octanol–water partition coefficient (Wildman–Crippen LogP) is 5.39. The third-order valence-corrected chi connectivity index (χ3v) is 7.01. The van der Waals surface area contributed by atoms with Crippen molar-refractivity contribution in [3.8, 4) is 11.1 Å². The number of carboxylic acids is 1. The quantitative estimate of drug-likeness (QED) is 0.388. The SMILES string of the molecule is CCC(CC)O[C@@H]1C=C(C(=O)O)C[C@H](NCc2ccc(-c3ccsc3)cc2C(F)(F)F)[C@H]1NC(C)=O. The number of hydrogen-bond donors (Lipinski definition) is 3. The van der Waals surface area contributed by atoms with Gasteiger partial charge in [-0.2, -0.15) is 24.5 Å². The number of hydrogen-bond acceptors (Lipinski definition) is 5. The standard InChI is InChI=1S/C26H31F3N2O4S/c1-4-20(5-2)35-23-12-19(25(33)34)11-22(24(23)31-15(3)32)30-13-17-7-6-16(18-8-9-36-14-18)10-21(17)26(27,28)29/h6-10,12,14,20,22-24,30H,4-5,11,13H2,1-3H3,(H,31,32)(H,33,34)/t22-,23+,24+/m0/s1. The van der Waals surface area contributed by atoms with Crippen LogP contribution in [0.4, 0.5) is 13.2 Å². The van der Waals surface area contributed by atoms with Crippen LogP contribution < -0.4 is 10.6 Å². The molecule has 1 aromatic heterocycles. The summed E-state index contributed by atoms with van der Waals surface area (Å²) in [5, 5.41) is 19.2. The smallest absolute Gasteiger partial charge is 0.416 e. The predicted molar refractivity (Wildman–Crippen MR) is 133 cm³/mol. The fraction of sp³-hybridized carbons (Fsp3) is 0.462. The molecule has 6 nitrogen and oxygen atoms in total. The van der Waals surface area contributed by atoms with Gasteiger partial charge >= 0.3 is 12.1 Å². The van der Waals surface area contributed by atoms with Crippen molar-refractivity contribution in [1.29, 1.82) is 0 Å². The molecule has 1 amide bonds. The number of amides is 1. The highest BCUT2D eigenvalue weighted by molar-refractivity contribution is 7.08. The molecule has 3 atom stereocenters. The molecule has 0 bridgehead atoms. The number of carboxylic acid groups (broad SMARTS) is 1. The van der Waals surface area contributed by atoms with E-state index >= 15 is 0 Å². The highest BCUT2D eigenvalue weighted by Gasteiger charge is 2.38. The highest BCUT2D eigenvalue weighted by atomic mass is 32.1. The molecule has 1 aromatic carbocycles. The first kappa shape index (κ1) is 27.9. The first-order valence-corrected chi connectivity index (χ1v) is 12.8. The van der Waals surface area contributed by atoms with Crippen LogP contribution in [-0.4, -0.2) is 41.3 Å². The van der Waals surface area contributed by atoms with E-state index in [2.05, 4.69) is 10.6 Å². The van der Waals surface area contributed by atoms with Gasteiger partial charge in [-0.3, -0.25) is 4.79 Å². The van der Waals surface area contributed by atoms with Gasteiger partial charge in [0.15, 0.2) is 0 Å². The number of nitrogens with one attached hydrogen (secondary N) is 2. The summed E-state index contributed by atoms with van der Waals surface area (Å²) < 4.78 is 48.0. The molecule has 0 aliphatic heterocycles. The Labute approximate surface area is 212 Å². The molecule has 3 rings (SSSR count). The zero-order chi connectivity index (χ0) is 26.5. The largest absolute Gasteiger partial charge is 0.478 e. The first-order valence-electron chi connectivity index (χ1n) is 11.9. The van der Waals surface area contributed by atoms with E-state index < -0.39 is 35.9 Å². The number of thiophene rings is 1. The Kier molecular flexibility index (Phi) is 9.32. The number of ether oxygens (including phenoxy) is 1. The lowest BCUT2D eigenvalue weighted by Gasteiger charge is -2.38. The fourth-order valence-electron chi connectivity index (χ4n) is 4.41. The maximum absolute atomic E-state index is 13.9. The molecule has 1 aliphatic rings. The van der Waals surface area contributed by atoms with Gasteiger partial charge in [0.2, 0.25) is 5.91 Å². The van der Waals surface area contributed by atoms with E-state index in [0.717, 1.165) is 6.07 Å². The number of halogens is 3. The monoisotopic (exact) mass is 524 g/mol. The second-order valence-electron chi connectivity index (χ2n) is 8.84. The molecule has 0 unspecified atom stereocenters. The summed E-state index contributed by atoms with van der Waals surface area (Å²) in [6.07, 6.45) is -2.55. The number of rotatable bonds is 10.